The maximum absolute atomic E-state index is 12.6. The summed E-state index contributed by atoms with van der Waals surface area (Å²) in [5.41, 5.74) is 4.99. The molecule has 4 N–H and O–H groups in total. The van der Waals surface area contributed by atoms with E-state index in [-0.39, 0.29) is 16.0 Å². The van der Waals surface area contributed by atoms with E-state index in [0.29, 0.717) is 42.1 Å². The SMILES string of the molecule is CS(=O)(=O)Nc1ccccc1CCc1cccc(C(=O)O)c1.O=C(O)c1cccc(CCc2ccccc2NS(=O)(=O)c2ccc(Cl)cc2)c1. The van der Waals surface area contributed by atoms with Crippen molar-refractivity contribution in [3.8, 4) is 0 Å². The molecule has 0 unspecified atom stereocenters. The Bertz CT molecular complexity index is 2190. The number of sulfonamides is 2. The van der Waals surface area contributed by atoms with Gasteiger partial charge in [-0.2, -0.15) is 0 Å². The fraction of sp³-hybridized carbons (Fsp3) is 0.135. The molecule has 0 radical (unpaired) electrons. The molecule has 0 bridgehead atoms. The number of carboxylic acids is 2. The van der Waals surface area contributed by atoms with E-state index >= 15 is 0 Å². The Kier molecular flexibility index (Phi) is 12.8. The summed E-state index contributed by atoms with van der Waals surface area (Å²) in [5.74, 6) is -1.93. The van der Waals surface area contributed by atoms with Gasteiger partial charge in [0.05, 0.1) is 33.7 Å². The highest BCUT2D eigenvalue weighted by Gasteiger charge is 2.16. The molecule has 13 heteroatoms. The summed E-state index contributed by atoms with van der Waals surface area (Å²) in [6.45, 7) is 0. The summed E-state index contributed by atoms with van der Waals surface area (Å²) in [6, 6.07) is 33.7. The van der Waals surface area contributed by atoms with E-state index in [4.69, 9.17) is 21.8 Å². The van der Waals surface area contributed by atoms with Gasteiger partial charge >= 0.3 is 11.9 Å². The lowest BCUT2D eigenvalue weighted by Gasteiger charge is -2.13. The largest absolute Gasteiger partial charge is 0.478 e. The number of para-hydroxylation sites is 2. The summed E-state index contributed by atoms with van der Waals surface area (Å²) < 4.78 is 53.1. The number of hydrogen-bond acceptors (Lipinski definition) is 6. The second kappa shape index (κ2) is 17.0. The Hall–Kier alpha value is -5.17. The molecule has 0 heterocycles. The monoisotopic (exact) mass is 734 g/mol. The van der Waals surface area contributed by atoms with Gasteiger partial charge < -0.3 is 10.2 Å². The van der Waals surface area contributed by atoms with Gasteiger partial charge in [0.2, 0.25) is 10.0 Å². The molecule has 5 aromatic carbocycles. The third-order valence-corrected chi connectivity index (χ3v) is 9.64. The third kappa shape index (κ3) is 11.5. The van der Waals surface area contributed by atoms with Gasteiger partial charge in [-0.15, -0.1) is 0 Å². The first-order chi connectivity index (χ1) is 23.7. The molecule has 0 aliphatic heterocycles. The predicted octanol–water partition coefficient (Wildman–Crippen LogP) is 7.17. The molecule has 10 nitrogen and oxygen atoms in total. The van der Waals surface area contributed by atoms with Crippen LogP contribution in [0.4, 0.5) is 11.4 Å². The van der Waals surface area contributed by atoms with Crippen LogP contribution in [0.25, 0.3) is 0 Å². The second-order valence-electron chi connectivity index (χ2n) is 11.3. The summed E-state index contributed by atoms with van der Waals surface area (Å²) in [5, 5.41) is 18.6. The fourth-order valence-electron chi connectivity index (χ4n) is 4.97. The van der Waals surface area contributed by atoms with Crippen molar-refractivity contribution in [3.63, 3.8) is 0 Å². The summed E-state index contributed by atoms with van der Waals surface area (Å²) in [7, 11) is -7.07. The van der Waals surface area contributed by atoms with Crippen molar-refractivity contribution in [2.75, 3.05) is 15.7 Å². The average molecular weight is 735 g/mol. The number of carboxylic acid groups (broad SMARTS) is 2. The highest BCUT2D eigenvalue weighted by Crippen LogP contribution is 2.23. The molecular formula is C37H35ClN2O8S2. The van der Waals surface area contributed by atoms with Crippen LogP contribution >= 0.6 is 11.6 Å². The lowest BCUT2D eigenvalue weighted by molar-refractivity contribution is 0.0686. The number of rotatable bonds is 13. The van der Waals surface area contributed by atoms with E-state index in [1.165, 1.54) is 24.3 Å². The van der Waals surface area contributed by atoms with Crippen LogP contribution in [0.2, 0.25) is 5.02 Å². The predicted molar refractivity (Wildman–Crippen MR) is 195 cm³/mol. The molecule has 0 aromatic heterocycles. The van der Waals surface area contributed by atoms with Crippen molar-refractivity contribution in [3.05, 3.63) is 160 Å². The molecule has 50 heavy (non-hydrogen) atoms. The Morgan fingerprint density at radius 3 is 1.46 bits per heavy atom. The van der Waals surface area contributed by atoms with Crippen molar-refractivity contribution in [2.45, 2.75) is 30.6 Å². The number of halogens is 1. The van der Waals surface area contributed by atoms with Crippen molar-refractivity contribution in [1.82, 2.24) is 0 Å². The van der Waals surface area contributed by atoms with Gasteiger partial charge in [-0.3, -0.25) is 9.44 Å². The lowest BCUT2D eigenvalue weighted by atomic mass is 10.0. The molecule has 0 aliphatic carbocycles. The van der Waals surface area contributed by atoms with Crippen LogP contribution < -0.4 is 9.44 Å². The van der Waals surface area contributed by atoms with Crippen LogP contribution in [0.15, 0.2) is 126 Å². The lowest BCUT2D eigenvalue weighted by Crippen LogP contribution is -2.14. The van der Waals surface area contributed by atoms with Gasteiger partial charge in [-0.25, -0.2) is 26.4 Å². The van der Waals surface area contributed by atoms with Crippen LogP contribution in [0.5, 0.6) is 0 Å². The van der Waals surface area contributed by atoms with Gasteiger partial charge in [-0.1, -0.05) is 72.3 Å². The highest BCUT2D eigenvalue weighted by molar-refractivity contribution is 7.92. The van der Waals surface area contributed by atoms with Crippen LogP contribution in [-0.2, 0) is 45.7 Å². The molecule has 0 atom stereocenters. The number of nitrogens with one attached hydrogen (secondary N) is 2. The molecule has 0 spiro atoms. The van der Waals surface area contributed by atoms with Crippen molar-refractivity contribution in [2.24, 2.45) is 0 Å². The van der Waals surface area contributed by atoms with Gasteiger partial charge in [0.15, 0.2) is 0 Å². The minimum atomic E-state index is -3.74. The van der Waals surface area contributed by atoms with Gasteiger partial charge in [-0.05, 0) is 109 Å². The number of anilines is 2. The van der Waals surface area contributed by atoms with E-state index in [9.17, 15) is 26.4 Å². The van der Waals surface area contributed by atoms with Crippen LogP contribution in [0.1, 0.15) is 43.0 Å². The van der Waals surface area contributed by atoms with Gasteiger partial charge in [0.1, 0.15) is 0 Å². The van der Waals surface area contributed by atoms with Gasteiger partial charge in [0.25, 0.3) is 10.0 Å². The zero-order chi connectivity index (χ0) is 36.3. The topological polar surface area (TPSA) is 167 Å². The minimum absolute atomic E-state index is 0.126. The molecule has 260 valence electrons. The summed E-state index contributed by atoms with van der Waals surface area (Å²) in [6.07, 6.45) is 3.49. The zero-order valence-electron chi connectivity index (χ0n) is 26.9. The second-order valence-corrected chi connectivity index (χ2v) is 15.1. The molecule has 5 aromatic rings. The molecule has 0 amide bonds. The Labute approximate surface area is 296 Å². The standard InChI is InChI=1S/C21H18ClNO4S.C16H17NO4S/c22-18-10-12-19(13-11-18)28(26,27)23-20-7-2-1-5-16(20)9-8-15-4-3-6-17(14-15)21(24)25;1-22(20,21)17-15-8-3-2-6-13(15)10-9-12-5-4-7-14(11-12)16(18)19/h1-7,10-14,23H,8-9H2,(H,24,25);2-8,11,17H,9-10H2,1H3,(H,18,19). The van der Waals surface area contributed by atoms with E-state index in [0.717, 1.165) is 28.5 Å². The van der Waals surface area contributed by atoms with Crippen molar-refractivity contribution >= 4 is 55.0 Å². The van der Waals surface area contributed by atoms with E-state index in [1.807, 2.05) is 36.4 Å². The molecule has 0 aliphatic rings. The fourth-order valence-corrected chi connectivity index (χ4v) is 6.80. The Morgan fingerprint density at radius 2 is 1.02 bits per heavy atom. The highest BCUT2D eigenvalue weighted by atomic mass is 35.5. The maximum atomic E-state index is 12.6. The Morgan fingerprint density at radius 1 is 0.580 bits per heavy atom. The first-order valence-corrected chi connectivity index (χ1v) is 19.0. The molecule has 5 rings (SSSR count). The summed E-state index contributed by atoms with van der Waals surface area (Å²) in [4.78, 5) is 22.2. The third-order valence-electron chi connectivity index (χ3n) is 7.41. The number of benzene rings is 5. The first-order valence-electron chi connectivity index (χ1n) is 15.3. The molecule has 0 fully saturated rings. The van der Waals surface area contributed by atoms with Gasteiger partial charge in [0, 0.05) is 5.02 Å². The van der Waals surface area contributed by atoms with Crippen molar-refractivity contribution < 1.29 is 36.6 Å². The van der Waals surface area contributed by atoms with Crippen molar-refractivity contribution in [1.29, 1.82) is 0 Å². The van der Waals surface area contributed by atoms with Crippen LogP contribution in [0.3, 0.4) is 0 Å². The number of aryl methyl sites for hydroxylation is 4. The quantitative estimate of drug-likeness (QED) is 0.0988. The normalized spacial score (nSPS) is 11.2. The Balaban J connectivity index is 0.000000232. The van der Waals surface area contributed by atoms with Crippen LogP contribution in [-0.4, -0.2) is 45.2 Å². The number of carbonyl (C=O) groups is 2. The average Bonchev–Trinajstić information content (AvgIpc) is 3.07. The summed E-state index contributed by atoms with van der Waals surface area (Å²) >= 11 is 5.83. The minimum Gasteiger partial charge on any atom is -0.478 e. The molecule has 0 saturated heterocycles. The van der Waals surface area contributed by atoms with E-state index < -0.39 is 32.0 Å². The first kappa shape index (κ1) is 37.6. The van der Waals surface area contributed by atoms with Crippen LogP contribution in [0, 0.1) is 0 Å². The number of hydrogen-bond donors (Lipinski definition) is 4. The smallest absolute Gasteiger partial charge is 0.335 e. The number of aromatic carboxylic acids is 2. The molecular weight excluding hydrogens is 700 g/mol. The van der Waals surface area contributed by atoms with E-state index in [1.54, 1.807) is 60.7 Å². The maximum Gasteiger partial charge on any atom is 0.335 e. The molecule has 0 saturated carbocycles. The van der Waals surface area contributed by atoms with E-state index in [2.05, 4.69) is 9.44 Å². The zero-order valence-corrected chi connectivity index (χ0v) is 29.3.